The Kier molecular flexibility index (Phi) is 3.98. The third kappa shape index (κ3) is 3.15. The highest BCUT2D eigenvalue weighted by molar-refractivity contribution is 4.97. The molecule has 0 fully saturated rings. The second-order valence-corrected chi connectivity index (χ2v) is 4.75. The Labute approximate surface area is 82.6 Å². The van der Waals surface area contributed by atoms with Crippen LogP contribution in [0.5, 0.6) is 0 Å². The van der Waals surface area contributed by atoms with Crippen molar-refractivity contribution < 1.29 is 0 Å². The average molecular weight is 181 g/mol. The molecule has 0 bridgehead atoms. The van der Waals surface area contributed by atoms with Crippen LogP contribution in [0, 0.1) is 5.41 Å². The second-order valence-electron chi connectivity index (χ2n) is 4.75. The Morgan fingerprint density at radius 2 is 2.15 bits per heavy atom. The zero-order valence-electron chi connectivity index (χ0n) is 9.27. The van der Waals surface area contributed by atoms with E-state index in [1.807, 2.05) is 0 Å². The van der Waals surface area contributed by atoms with Crippen LogP contribution in [0.15, 0.2) is 12.2 Å². The van der Waals surface area contributed by atoms with E-state index in [2.05, 4.69) is 38.2 Å². The molecule has 0 radical (unpaired) electrons. The Morgan fingerprint density at radius 1 is 1.38 bits per heavy atom. The van der Waals surface area contributed by atoms with E-state index in [1.165, 1.54) is 25.7 Å². The molecule has 1 nitrogen and oxygen atoms in total. The van der Waals surface area contributed by atoms with Gasteiger partial charge in [-0.15, -0.1) is 0 Å². The summed E-state index contributed by atoms with van der Waals surface area (Å²) >= 11 is 0. The van der Waals surface area contributed by atoms with Gasteiger partial charge in [-0.05, 0) is 37.6 Å². The van der Waals surface area contributed by atoms with Crippen LogP contribution < -0.4 is 5.32 Å². The lowest BCUT2D eigenvalue weighted by Gasteiger charge is -2.33. The van der Waals surface area contributed by atoms with E-state index < -0.39 is 0 Å². The lowest BCUT2D eigenvalue weighted by molar-refractivity contribution is 0.238. The minimum absolute atomic E-state index is 0.433. The first-order chi connectivity index (χ1) is 6.17. The summed E-state index contributed by atoms with van der Waals surface area (Å²) in [6.45, 7) is 8.13. The number of nitrogens with one attached hydrogen (secondary N) is 1. The minimum atomic E-state index is 0.433. The molecule has 1 N–H and O–H groups in total. The molecule has 1 rings (SSSR count). The van der Waals surface area contributed by atoms with Gasteiger partial charge in [0.15, 0.2) is 0 Å². The zero-order valence-corrected chi connectivity index (χ0v) is 9.27. The van der Waals surface area contributed by atoms with E-state index in [0.29, 0.717) is 11.5 Å². The highest BCUT2D eigenvalue weighted by Gasteiger charge is 2.28. The third-order valence-electron chi connectivity index (χ3n) is 3.02. The predicted octanol–water partition coefficient (Wildman–Crippen LogP) is 3.12. The number of hydrogen-bond donors (Lipinski definition) is 1. The van der Waals surface area contributed by atoms with Gasteiger partial charge in [0.05, 0.1) is 0 Å². The highest BCUT2D eigenvalue weighted by Crippen LogP contribution is 2.31. The van der Waals surface area contributed by atoms with Crippen molar-refractivity contribution in [1.29, 1.82) is 0 Å². The summed E-state index contributed by atoms with van der Waals surface area (Å²) < 4.78 is 0. The largest absolute Gasteiger partial charge is 0.313 e. The van der Waals surface area contributed by atoms with Gasteiger partial charge >= 0.3 is 0 Å². The van der Waals surface area contributed by atoms with Gasteiger partial charge in [-0.3, -0.25) is 0 Å². The van der Waals surface area contributed by atoms with Crippen LogP contribution >= 0.6 is 0 Å². The van der Waals surface area contributed by atoms with E-state index >= 15 is 0 Å². The molecule has 0 amide bonds. The first kappa shape index (κ1) is 10.8. The summed E-state index contributed by atoms with van der Waals surface area (Å²) in [5.74, 6) is 0. The standard InChI is InChI=1S/C12H23N/c1-4-10-13-11-8-6-5-7-9-12(11,2)3/h5,7,11,13H,4,6,8-10H2,1-3H3. The fourth-order valence-electron chi connectivity index (χ4n) is 2.00. The molecular weight excluding hydrogens is 158 g/mol. The summed E-state index contributed by atoms with van der Waals surface area (Å²) in [5.41, 5.74) is 0.433. The van der Waals surface area contributed by atoms with Gasteiger partial charge in [-0.25, -0.2) is 0 Å². The van der Waals surface area contributed by atoms with Gasteiger partial charge in [0, 0.05) is 6.04 Å². The van der Waals surface area contributed by atoms with Crippen LogP contribution in [0.25, 0.3) is 0 Å². The van der Waals surface area contributed by atoms with Crippen LogP contribution in [-0.4, -0.2) is 12.6 Å². The van der Waals surface area contributed by atoms with E-state index in [4.69, 9.17) is 0 Å². The van der Waals surface area contributed by atoms with Crippen LogP contribution in [-0.2, 0) is 0 Å². The maximum absolute atomic E-state index is 3.66. The van der Waals surface area contributed by atoms with Crippen molar-refractivity contribution >= 4 is 0 Å². The van der Waals surface area contributed by atoms with Crippen molar-refractivity contribution in [1.82, 2.24) is 5.32 Å². The van der Waals surface area contributed by atoms with Gasteiger partial charge in [0.2, 0.25) is 0 Å². The monoisotopic (exact) mass is 181 g/mol. The molecule has 1 atom stereocenters. The topological polar surface area (TPSA) is 12.0 Å². The zero-order chi connectivity index (χ0) is 9.73. The number of allylic oxidation sites excluding steroid dienone is 2. The molecule has 0 aromatic carbocycles. The molecule has 0 aromatic rings. The predicted molar refractivity (Wildman–Crippen MR) is 58.9 cm³/mol. The summed E-state index contributed by atoms with van der Waals surface area (Å²) in [6.07, 6.45) is 9.66. The minimum Gasteiger partial charge on any atom is -0.313 e. The quantitative estimate of drug-likeness (QED) is 0.660. The molecular formula is C12H23N. The molecule has 0 spiro atoms. The van der Waals surface area contributed by atoms with Crippen molar-refractivity contribution in [3.05, 3.63) is 12.2 Å². The summed E-state index contributed by atoms with van der Waals surface area (Å²) in [4.78, 5) is 0. The van der Waals surface area contributed by atoms with E-state index in [1.54, 1.807) is 0 Å². The summed E-state index contributed by atoms with van der Waals surface area (Å²) in [5, 5.41) is 3.66. The number of hydrogen-bond acceptors (Lipinski definition) is 1. The molecule has 1 aliphatic rings. The van der Waals surface area contributed by atoms with E-state index in [0.717, 1.165) is 6.54 Å². The summed E-state index contributed by atoms with van der Waals surface area (Å²) in [7, 11) is 0. The lowest BCUT2D eigenvalue weighted by Crippen LogP contribution is -2.41. The highest BCUT2D eigenvalue weighted by atomic mass is 14.9. The van der Waals surface area contributed by atoms with Crippen LogP contribution in [0.3, 0.4) is 0 Å². The van der Waals surface area contributed by atoms with Crippen molar-refractivity contribution in [2.45, 2.75) is 52.5 Å². The second kappa shape index (κ2) is 4.80. The maximum atomic E-state index is 3.66. The van der Waals surface area contributed by atoms with E-state index in [-0.39, 0.29) is 0 Å². The van der Waals surface area contributed by atoms with Crippen LogP contribution in [0.2, 0.25) is 0 Å². The first-order valence-electron chi connectivity index (χ1n) is 5.55. The molecule has 0 heterocycles. The van der Waals surface area contributed by atoms with Gasteiger partial charge < -0.3 is 5.32 Å². The van der Waals surface area contributed by atoms with Gasteiger partial charge in [-0.1, -0.05) is 32.9 Å². The molecule has 0 aromatic heterocycles. The van der Waals surface area contributed by atoms with Crippen molar-refractivity contribution in [2.75, 3.05) is 6.54 Å². The molecule has 1 aliphatic carbocycles. The Balaban J connectivity index is 2.49. The van der Waals surface area contributed by atoms with Crippen molar-refractivity contribution in [3.63, 3.8) is 0 Å². The Morgan fingerprint density at radius 3 is 2.85 bits per heavy atom. The van der Waals surface area contributed by atoms with Crippen LogP contribution in [0.4, 0.5) is 0 Å². The molecule has 0 aliphatic heterocycles. The lowest BCUT2D eigenvalue weighted by atomic mass is 9.80. The Hall–Kier alpha value is -0.300. The SMILES string of the molecule is CCCNC1CCC=CCC1(C)C. The van der Waals surface area contributed by atoms with Crippen LogP contribution in [0.1, 0.15) is 46.5 Å². The molecule has 76 valence electrons. The van der Waals surface area contributed by atoms with Gasteiger partial charge in [-0.2, -0.15) is 0 Å². The maximum Gasteiger partial charge on any atom is 0.0124 e. The fourth-order valence-corrected chi connectivity index (χ4v) is 2.00. The third-order valence-corrected chi connectivity index (χ3v) is 3.02. The average Bonchev–Trinajstić information content (AvgIpc) is 2.23. The van der Waals surface area contributed by atoms with Gasteiger partial charge in [0.25, 0.3) is 0 Å². The number of rotatable bonds is 3. The molecule has 0 saturated carbocycles. The Bertz CT molecular complexity index is 170. The normalized spacial score (nSPS) is 27.2. The molecule has 13 heavy (non-hydrogen) atoms. The smallest absolute Gasteiger partial charge is 0.0124 e. The first-order valence-corrected chi connectivity index (χ1v) is 5.55. The molecule has 1 unspecified atom stereocenters. The van der Waals surface area contributed by atoms with Crippen molar-refractivity contribution in [3.8, 4) is 0 Å². The summed E-state index contributed by atoms with van der Waals surface area (Å²) in [6, 6.07) is 0.697. The molecule has 1 heteroatoms. The molecule has 0 saturated heterocycles. The van der Waals surface area contributed by atoms with E-state index in [9.17, 15) is 0 Å². The fraction of sp³-hybridized carbons (Fsp3) is 0.833. The van der Waals surface area contributed by atoms with Gasteiger partial charge in [0.1, 0.15) is 0 Å². The van der Waals surface area contributed by atoms with Crippen molar-refractivity contribution in [2.24, 2.45) is 5.41 Å².